The Hall–Kier alpha value is -0.970. The van der Waals surface area contributed by atoms with Crippen LogP contribution in [-0.2, 0) is 19.3 Å². The van der Waals surface area contributed by atoms with Gasteiger partial charge in [-0.1, -0.05) is 0 Å². The maximum absolute atomic E-state index is 12.3. The van der Waals surface area contributed by atoms with Gasteiger partial charge in [-0.15, -0.1) is 0 Å². The molecule has 1 heterocycles. The van der Waals surface area contributed by atoms with E-state index in [1.54, 1.807) is 6.92 Å². The zero-order valence-corrected chi connectivity index (χ0v) is 7.10. The number of hydrogen-bond donors (Lipinski definition) is 1. The zero-order chi connectivity index (χ0) is 10.1. The third-order valence-electron chi connectivity index (χ3n) is 1.80. The predicted octanol–water partition coefficient (Wildman–Crippen LogP) is 2.02. The highest BCUT2D eigenvalue weighted by molar-refractivity contribution is 5.26. The highest BCUT2D eigenvalue weighted by Crippen LogP contribution is 2.32. The Morgan fingerprint density at radius 3 is 2.31 bits per heavy atom. The van der Waals surface area contributed by atoms with Gasteiger partial charge in [0.2, 0.25) is 0 Å². The molecule has 0 unspecified atom stereocenters. The van der Waals surface area contributed by atoms with Gasteiger partial charge in [0.15, 0.2) is 0 Å². The number of alkyl halides is 3. The molecule has 0 saturated carbocycles. The monoisotopic (exact) mass is 193 g/mol. The Bertz CT molecular complexity index is 290. The lowest BCUT2D eigenvalue weighted by Crippen LogP contribution is -2.06. The molecule has 0 aliphatic heterocycles. The standard InChI is InChI=1S/C8H10F3NO/c1-2-12-3-6(5-13)7(4-12)8(9,10)11/h3-4,13H,2,5H2,1H3. The number of aliphatic hydroxyl groups is 1. The molecule has 13 heavy (non-hydrogen) atoms. The normalized spacial score (nSPS) is 12.1. The first-order chi connectivity index (χ1) is 5.99. The van der Waals surface area contributed by atoms with Gasteiger partial charge in [0.25, 0.3) is 0 Å². The van der Waals surface area contributed by atoms with E-state index in [1.807, 2.05) is 0 Å². The average Bonchev–Trinajstić information content (AvgIpc) is 2.46. The summed E-state index contributed by atoms with van der Waals surface area (Å²) in [7, 11) is 0. The van der Waals surface area contributed by atoms with Crippen LogP contribution in [0.25, 0.3) is 0 Å². The third-order valence-corrected chi connectivity index (χ3v) is 1.80. The molecule has 0 aromatic carbocycles. The fourth-order valence-electron chi connectivity index (χ4n) is 1.12. The molecule has 2 nitrogen and oxygen atoms in total. The first-order valence-electron chi connectivity index (χ1n) is 3.85. The zero-order valence-electron chi connectivity index (χ0n) is 7.10. The van der Waals surface area contributed by atoms with Gasteiger partial charge in [-0.2, -0.15) is 13.2 Å². The second kappa shape index (κ2) is 3.41. The van der Waals surface area contributed by atoms with Crippen molar-refractivity contribution < 1.29 is 18.3 Å². The first kappa shape index (κ1) is 10.1. The Labute approximate surface area is 73.6 Å². The van der Waals surface area contributed by atoms with Crippen molar-refractivity contribution in [3.63, 3.8) is 0 Å². The molecule has 0 aliphatic rings. The summed E-state index contributed by atoms with van der Waals surface area (Å²) >= 11 is 0. The second-order valence-corrected chi connectivity index (χ2v) is 2.68. The van der Waals surface area contributed by atoms with Crippen molar-refractivity contribution in [3.05, 3.63) is 23.5 Å². The van der Waals surface area contributed by atoms with Crippen LogP contribution >= 0.6 is 0 Å². The molecular weight excluding hydrogens is 183 g/mol. The van der Waals surface area contributed by atoms with Crippen LogP contribution in [0.2, 0.25) is 0 Å². The summed E-state index contributed by atoms with van der Waals surface area (Å²) in [6.45, 7) is 1.62. The summed E-state index contributed by atoms with van der Waals surface area (Å²) < 4.78 is 38.2. The molecule has 0 amide bonds. The minimum absolute atomic E-state index is 0.0747. The van der Waals surface area contributed by atoms with Crippen molar-refractivity contribution in [1.29, 1.82) is 0 Å². The molecule has 0 aliphatic carbocycles. The molecule has 0 bridgehead atoms. The largest absolute Gasteiger partial charge is 0.418 e. The Morgan fingerprint density at radius 1 is 1.38 bits per heavy atom. The highest BCUT2D eigenvalue weighted by atomic mass is 19.4. The van der Waals surface area contributed by atoms with Crippen LogP contribution in [0.15, 0.2) is 12.4 Å². The second-order valence-electron chi connectivity index (χ2n) is 2.68. The van der Waals surface area contributed by atoms with E-state index in [4.69, 9.17) is 5.11 Å². The Balaban J connectivity index is 3.11. The number of nitrogens with zero attached hydrogens (tertiary/aromatic N) is 1. The maximum atomic E-state index is 12.3. The van der Waals surface area contributed by atoms with Gasteiger partial charge in [0, 0.05) is 24.5 Å². The molecule has 0 spiro atoms. The molecule has 0 radical (unpaired) electrons. The lowest BCUT2D eigenvalue weighted by molar-refractivity contribution is -0.138. The average molecular weight is 193 g/mol. The molecule has 0 fully saturated rings. The minimum Gasteiger partial charge on any atom is -0.392 e. The van der Waals surface area contributed by atoms with Gasteiger partial charge in [0.05, 0.1) is 12.2 Å². The molecule has 0 saturated heterocycles. The van der Waals surface area contributed by atoms with Gasteiger partial charge in [-0.3, -0.25) is 0 Å². The number of aryl methyl sites for hydroxylation is 1. The number of aliphatic hydroxyl groups excluding tert-OH is 1. The SMILES string of the molecule is CCn1cc(CO)c(C(F)(F)F)c1. The molecule has 0 atom stereocenters. The van der Waals surface area contributed by atoms with Crippen LogP contribution < -0.4 is 0 Å². The van der Waals surface area contributed by atoms with E-state index >= 15 is 0 Å². The van der Waals surface area contributed by atoms with Crippen LogP contribution in [-0.4, -0.2) is 9.67 Å². The number of halogens is 3. The van der Waals surface area contributed by atoms with E-state index in [0.29, 0.717) is 6.54 Å². The summed E-state index contributed by atoms with van der Waals surface area (Å²) in [6.07, 6.45) is -2.06. The molecule has 1 rings (SSSR count). The van der Waals surface area contributed by atoms with Crippen molar-refractivity contribution in [2.24, 2.45) is 0 Å². The van der Waals surface area contributed by atoms with E-state index in [2.05, 4.69) is 0 Å². The van der Waals surface area contributed by atoms with E-state index in [0.717, 1.165) is 6.20 Å². The fraction of sp³-hybridized carbons (Fsp3) is 0.500. The third kappa shape index (κ3) is 2.03. The Morgan fingerprint density at radius 2 is 2.00 bits per heavy atom. The predicted molar refractivity (Wildman–Crippen MR) is 41.0 cm³/mol. The molecule has 1 aromatic rings. The van der Waals surface area contributed by atoms with Crippen molar-refractivity contribution in [3.8, 4) is 0 Å². The summed E-state index contributed by atoms with van der Waals surface area (Å²) in [5, 5.41) is 8.68. The van der Waals surface area contributed by atoms with Crippen LogP contribution in [0.5, 0.6) is 0 Å². The van der Waals surface area contributed by atoms with Crippen LogP contribution in [0.1, 0.15) is 18.1 Å². The van der Waals surface area contributed by atoms with Gasteiger partial charge < -0.3 is 9.67 Å². The van der Waals surface area contributed by atoms with Crippen molar-refractivity contribution in [2.45, 2.75) is 26.3 Å². The van der Waals surface area contributed by atoms with Gasteiger partial charge >= 0.3 is 6.18 Å². The molecule has 1 aromatic heterocycles. The van der Waals surface area contributed by atoms with E-state index < -0.39 is 18.3 Å². The molecule has 1 N–H and O–H groups in total. The fourth-order valence-corrected chi connectivity index (χ4v) is 1.12. The van der Waals surface area contributed by atoms with E-state index in [9.17, 15) is 13.2 Å². The van der Waals surface area contributed by atoms with Crippen LogP contribution in [0, 0.1) is 0 Å². The quantitative estimate of drug-likeness (QED) is 0.763. The van der Waals surface area contributed by atoms with Gasteiger partial charge in [-0.05, 0) is 6.92 Å². The summed E-state index contributed by atoms with van der Waals surface area (Å²) in [6, 6.07) is 0. The molecular formula is C8H10F3NO. The molecule has 5 heteroatoms. The van der Waals surface area contributed by atoms with Crippen LogP contribution in [0.4, 0.5) is 13.2 Å². The maximum Gasteiger partial charge on any atom is 0.418 e. The summed E-state index contributed by atoms with van der Waals surface area (Å²) in [4.78, 5) is 0. The van der Waals surface area contributed by atoms with Crippen molar-refractivity contribution in [2.75, 3.05) is 0 Å². The summed E-state index contributed by atoms with van der Waals surface area (Å²) in [5.41, 5.74) is -0.828. The summed E-state index contributed by atoms with van der Waals surface area (Å²) in [5.74, 6) is 0. The smallest absolute Gasteiger partial charge is 0.392 e. The Kier molecular flexibility index (Phi) is 2.66. The van der Waals surface area contributed by atoms with Crippen molar-refractivity contribution >= 4 is 0 Å². The van der Waals surface area contributed by atoms with E-state index in [1.165, 1.54) is 10.8 Å². The highest BCUT2D eigenvalue weighted by Gasteiger charge is 2.34. The van der Waals surface area contributed by atoms with Gasteiger partial charge in [-0.25, -0.2) is 0 Å². The number of aromatic nitrogens is 1. The van der Waals surface area contributed by atoms with Crippen LogP contribution in [0.3, 0.4) is 0 Å². The first-order valence-corrected chi connectivity index (χ1v) is 3.85. The lowest BCUT2D eigenvalue weighted by atomic mass is 10.2. The number of hydrogen-bond acceptors (Lipinski definition) is 1. The molecule has 74 valence electrons. The topological polar surface area (TPSA) is 25.2 Å². The number of rotatable bonds is 2. The minimum atomic E-state index is -4.38. The van der Waals surface area contributed by atoms with Crippen molar-refractivity contribution in [1.82, 2.24) is 4.57 Å². The lowest BCUT2D eigenvalue weighted by Gasteiger charge is -2.04. The van der Waals surface area contributed by atoms with E-state index in [-0.39, 0.29) is 5.56 Å². The van der Waals surface area contributed by atoms with Gasteiger partial charge in [0.1, 0.15) is 0 Å².